The Kier molecular flexibility index (Phi) is 4.70. The molecule has 27 heavy (non-hydrogen) atoms. The second-order valence-corrected chi connectivity index (χ2v) is 7.79. The second kappa shape index (κ2) is 6.71. The number of aryl methyl sites for hydroxylation is 1. The predicted octanol–water partition coefficient (Wildman–Crippen LogP) is 1.24. The van der Waals surface area contributed by atoms with Crippen LogP contribution in [0.5, 0.6) is 0 Å². The van der Waals surface area contributed by atoms with E-state index >= 15 is 0 Å². The van der Waals surface area contributed by atoms with E-state index in [0.29, 0.717) is 11.3 Å². The number of nitrogens with zero attached hydrogens (tertiary/aromatic N) is 4. The fraction of sp³-hybridized carbons (Fsp3) is 0.294. The van der Waals surface area contributed by atoms with Gasteiger partial charge in [-0.25, -0.2) is 17.9 Å². The lowest BCUT2D eigenvalue weighted by Gasteiger charge is -2.37. The van der Waals surface area contributed by atoms with Crippen molar-refractivity contribution >= 4 is 21.8 Å². The molecule has 0 saturated heterocycles. The molecule has 0 saturated carbocycles. The average molecular weight is 389 g/mol. The first kappa shape index (κ1) is 18.9. The summed E-state index contributed by atoms with van der Waals surface area (Å²) in [6, 6.07) is 1.67. The standard InChI is InChI=1S/C17H19N5O4S/c1-4-9-17(11(2)6-5-7-13(17)14(23)24)21-27(25,26)16-19-15-18-10-8-12(3)22(15)20-16/h4-10,13,21H,1-3H3,(H,23,24)/b9-4-. The maximum atomic E-state index is 13.0. The Morgan fingerprint density at radius 3 is 2.78 bits per heavy atom. The van der Waals surface area contributed by atoms with Crippen LogP contribution in [0.2, 0.25) is 0 Å². The molecule has 2 N–H and O–H groups in total. The fourth-order valence-electron chi connectivity index (χ4n) is 3.07. The van der Waals surface area contributed by atoms with Gasteiger partial charge in [0.15, 0.2) is 0 Å². The molecule has 0 aliphatic heterocycles. The van der Waals surface area contributed by atoms with E-state index < -0.39 is 32.6 Å². The molecule has 0 radical (unpaired) electrons. The number of hydrogen-bond donors (Lipinski definition) is 2. The highest BCUT2D eigenvalue weighted by molar-refractivity contribution is 7.89. The van der Waals surface area contributed by atoms with Crippen molar-refractivity contribution in [2.45, 2.75) is 31.5 Å². The maximum Gasteiger partial charge on any atom is 0.312 e. The SMILES string of the molecule is C/C=C\C1(NS(=O)(=O)c2nc3nccc(C)n3n2)C(C)=CC=CC1C(=O)O. The van der Waals surface area contributed by atoms with Gasteiger partial charge in [0.1, 0.15) is 5.92 Å². The molecule has 2 atom stereocenters. The third-order valence-corrected chi connectivity index (χ3v) is 5.70. The second-order valence-electron chi connectivity index (χ2n) is 6.22. The molecule has 2 aromatic rings. The molecule has 0 bridgehead atoms. The van der Waals surface area contributed by atoms with Crippen LogP contribution in [0.25, 0.3) is 5.78 Å². The summed E-state index contributed by atoms with van der Waals surface area (Å²) in [6.07, 6.45) is 9.35. The molecule has 9 nitrogen and oxygen atoms in total. The quantitative estimate of drug-likeness (QED) is 0.737. The van der Waals surface area contributed by atoms with E-state index in [-0.39, 0.29) is 5.78 Å². The summed E-state index contributed by atoms with van der Waals surface area (Å²) in [6.45, 7) is 5.11. The van der Waals surface area contributed by atoms with Crippen molar-refractivity contribution in [3.8, 4) is 0 Å². The monoisotopic (exact) mass is 389 g/mol. The van der Waals surface area contributed by atoms with Gasteiger partial charge in [-0.3, -0.25) is 4.79 Å². The van der Waals surface area contributed by atoms with Gasteiger partial charge in [-0.1, -0.05) is 30.4 Å². The van der Waals surface area contributed by atoms with Gasteiger partial charge >= 0.3 is 5.97 Å². The number of nitrogens with one attached hydrogen (secondary N) is 1. The number of sulfonamides is 1. The molecular formula is C17H19N5O4S. The van der Waals surface area contributed by atoms with E-state index in [2.05, 4.69) is 19.8 Å². The first-order valence-electron chi connectivity index (χ1n) is 8.16. The Bertz CT molecular complexity index is 1100. The van der Waals surface area contributed by atoms with Gasteiger partial charge in [0.05, 0.1) is 5.54 Å². The molecule has 0 fully saturated rings. The number of aromatic nitrogens is 4. The summed E-state index contributed by atoms with van der Waals surface area (Å²) in [5.41, 5.74) is -0.261. The number of carbonyl (C=O) groups is 1. The number of allylic oxidation sites excluding steroid dienone is 3. The van der Waals surface area contributed by atoms with E-state index in [1.54, 1.807) is 45.1 Å². The van der Waals surface area contributed by atoms with E-state index in [0.717, 1.165) is 0 Å². The highest BCUT2D eigenvalue weighted by Gasteiger charge is 2.46. The molecular weight excluding hydrogens is 370 g/mol. The van der Waals surface area contributed by atoms with Crippen molar-refractivity contribution in [1.29, 1.82) is 0 Å². The van der Waals surface area contributed by atoms with E-state index in [1.807, 2.05) is 0 Å². The fourth-order valence-corrected chi connectivity index (χ4v) is 4.35. The minimum atomic E-state index is -4.24. The van der Waals surface area contributed by atoms with Gasteiger partial charge < -0.3 is 5.11 Å². The van der Waals surface area contributed by atoms with Crippen molar-refractivity contribution in [2.75, 3.05) is 0 Å². The van der Waals surface area contributed by atoms with Crippen LogP contribution in [-0.4, -0.2) is 44.6 Å². The highest BCUT2D eigenvalue weighted by Crippen LogP contribution is 2.34. The molecule has 2 aromatic heterocycles. The summed E-state index contributed by atoms with van der Waals surface area (Å²) < 4.78 is 29.9. The zero-order valence-electron chi connectivity index (χ0n) is 15.0. The normalized spacial score (nSPS) is 23.1. The van der Waals surface area contributed by atoms with Gasteiger partial charge in [0, 0.05) is 11.9 Å². The van der Waals surface area contributed by atoms with Crippen LogP contribution >= 0.6 is 0 Å². The maximum absolute atomic E-state index is 13.0. The smallest absolute Gasteiger partial charge is 0.312 e. The van der Waals surface area contributed by atoms with Crippen LogP contribution in [0.3, 0.4) is 0 Å². The number of fused-ring (bicyclic) bond motifs is 1. The third-order valence-electron chi connectivity index (χ3n) is 4.44. The predicted molar refractivity (Wildman–Crippen MR) is 97.4 cm³/mol. The first-order chi connectivity index (χ1) is 12.7. The van der Waals surface area contributed by atoms with Gasteiger partial charge in [0.2, 0.25) is 0 Å². The molecule has 1 aliphatic rings. The molecule has 2 unspecified atom stereocenters. The Balaban J connectivity index is 2.12. The van der Waals surface area contributed by atoms with Crippen molar-refractivity contribution in [3.05, 3.63) is 53.9 Å². The highest BCUT2D eigenvalue weighted by atomic mass is 32.2. The summed E-state index contributed by atoms with van der Waals surface area (Å²) in [5.74, 6) is -2.13. The average Bonchev–Trinajstić information content (AvgIpc) is 3.04. The number of hydrogen-bond acceptors (Lipinski definition) is 6. The summed E-state index contributed by atoms with van der Waals surface area (Å²) in [4.78, 5) is 19.8. The van der Waals surface area contributed by atoms with Crippen LogP contribution in [0.4, 0.5) is 0 Å². The summed E-state index contributed by atoms with van der Waals surface area (Å²) >= 11 is 0. The van der Waals surface area contributed by atoms with E-state index in [9.17, 15) is 18.3 Å². The van der Waals surface area contributed by atoms with Gasteiger partial charge in [0.25, 0.3) is 21.0 Å². The van der Waals surface area contributed by atoms with E-state index in [4.69, 9.17) is 0 Å². The van der Waals surface area contributed by atoms with Crippen molar-refractivity contribution in [3.63, 3.8) is 0 Å². The van der Waals surface area contributed by atoms with Crippen molar-refractivity contribution in [1.82, 2.24) is 24.3 Å². The topological polar surface area (TPSA) is 127 Å². The minimum Gasteiger partial charge on any atom is -0.481 e. The first-order valence-corrected chi connectivity index (χ1v) is 9.64. The Morgan fingerprint density at radius 1 is 1.41 bits per heavy atom. The molecule has 3 rings (SSSR count). The Labute approximate surface area is 156 Å². The lowest BCUT2D eigenvalue weighted by molar-refractivity contribution is -0.141. The van der Waals surface area contributed by atoms with Crippen LogP contribution in [0, 0.1) is 12.8 Å². The zero-order chi connectivity index (χ0) is 19.8. The molecule has 1 aliphatic carbocycles. The number of carboxylic acids is 1. The van der Waals surface area contributed by atoms with Crippen molar-refractivity contribution < 1.29 is 18.3 Å². The van der Waals surface area contributed by atoms with Crippen LogP contribution in [0.15, 0.2) is 53.4 Å². The molecule has 0 amide bonds. The lowest BCUT2D eigenvalue weighted by atomic mass is 9.75. The molecule has 0 spiro atoms. The Hall–Kier alpha value is -2.85. The molecule has 2 heterocycles. The van der Waals surface area contributed by atoms with Gasteiger partial charge in [-0.05, 0) is 32.4 Å². The molecule has 0 aromatic carbocycles. The lowest BCUT2D eigenvalue weighted by Crippen LogP contribution is -2.55. The van der Waals surface area contributed by atoms with Gasteiger partial charge in [-0.2, -0.15) is 9.71 Å². The van der Waals surface area contributed by atoms with E-state index in [1.165, 1.54) is 22.9 Å². The van der Waals surface area contributed by atoms with Crippen LogP contribution in [0.1, 0.15) is 19.5 Å². The molecule has 10 heteroatoms. The summed E-state index contributed by atoms with van der Waals surface area (Å²) in [5, 5.41) is 13.2. The zero-order valence-corrected chi connectivity index (χ0v) is 15.8. The third kappa shape index (κ3) is 3.17. The number of carboxylic acid groups (broad SMARTS) is 1. The van der Waals surface area contributed by atoms with Crippen molar-refractivity contribution in [2.24, 2.45) is 5.92 Å². The van der Waals surface area contributed by atoms with Gasteiger partial charge in [-0.15, -0.1) is 5.10 Å². The number of aliphatic carboxylic acids is 1. The summed E-state index contributed by atoms with van der Waals surface area (Å²) in [7, 11) is -4.24. The largest absolute Gasteiger partial charge is 0.481 e. The minimum absolute atomic E-state index is 0.140. The number of rotatable bonds is 5. The van der Waals surface area contributed by atoms with Crippen LogP contribution < -0.4 is 4.72 Å². The van der Waals surface area contributed by atoms with Crippen LogP contribution in [-0.2, 0) is 14.8 Å². The Morgan fingerprint density at radius 2 is 2.15 bits per heavy atom. The molecule has 142 valence electrons.